The van der Waals surface area contributed by atoms with Gasteiger partial charge in [0.25, 0.3) is 0 Å². The Labute approximate surface area is 109 Å². The second kappa shape index (κ2) is 3.74. The summed E-state index contributed by atoms with van der Waals surface area (Å²) in [4.78, 5) is 2.50. The van der Waals surface area contributed by atoms with Gasteiger partial charge in [-0.3, -0.25) is 0 Å². The van der Waals surface area contributed by atoms with E-state index in [4.69, 9.17) is 0 Å². The van der Waals surface area contributed by atoms with E-state index in [1.165, 1.54) is 6.42 Å². The van der Waals surface area contributed by atoms with Crippen LogP contribution in [0.3, 0.4) is 0 Å². The zero-order valence-corrected chi connectivity index (χ0v) is 10.7. The summed E-state index contributed by atoms with van der Waals surface area (Å²) in [6.07, 6.45) is 22.2. The Morgan fingerprint density at radius 3 is 2.72 bits per heavy atom. The average molecular weight is 237 g/mol. The molecule has 0 bridgehead atoms. The molecule has 4 aliphatic rings. The van der Waals surface area contributed by atoms with Gasteiger partial charge < -0.3 is 4.90 Å². The third-order valence-corrected chi connectivity index (χ3v) is 5.03. The van der Waals surface area contributed by atoms with Gasteiger partial charge in [-0.25, -0.2) is 0 Å². The molecule has 18 heavy (non-hydrogen) atoms. The Balaban J connectivity index is 1.75. The predicted molar refractivity (Wildman–Crippen MR) is 74.8 cm³/mol. The number of allylic oxidation sites excluding steroid dienone is 8. The van der Waals surface area contributed by atoms with Crippen LogP contribution in [0.25, 0.3) is 0 Å². The maximum atomic E-state index is 2.51. The summed E-state index contributed by atoms with van der Waals surface area (Å²) < 4.78 is 0. The van der Waals surface area contributed by atoms with Gasteiger partial charge in [-0.05, 0) is 12.3 Å². The van der Waals surface area contributed by atoms with Crippen molar-refractivity contribution in [2.75, 3.05) is 7.05 Å². The van der Waals surface area contributed by atoms with E-state index in [2.05, 4.69) is 66.6 Å². The van der Waals surface area contributed by atoms with Crippen LogP contribution in [0.1, 0.15) is 6.42 Å². The maximum Gasteiger partial charge on any atom is 0.0539 e. The molecule has 0 aromatic carbocycles. The minimum absolute atomic E-state index is 0.583. The van der Waals surface area contributed by atoms with Crippen LogP contribution in [0.4, 0.5) is 0 Å². The Hall–Kier alpha value is -1.50. The van der Waals surface area contributed by atoms with E-state index in [0.717, 1.165) is 11.8 Å². The lowest BCUT2D eigenvalue weighted by Crippen LogP contribution is -2.26. The zero-order chi connectivity index (χ0) is 12.1. The molecular weight excluding hydrogens is 218 g/mol. The van der Waals surface area contributed by atoms with Crippen molar-refractivity contribution in [3.63, 3.8) is 0 Å². The van der Waals surface area contributed by atoms with Gasteiger partial charge in [0.05, 0.1) is 6.04 Å². The summed E-state index contributed by atoms with van der Waals surface area (Å²) in [5.41, 5.74) is 1.57. The van der Waals surface area contributed by atoms with Gasteiger partial charge in [0.2, 0.25) is 0 Å². The number of fused-ring (bicyclic) bond motifs is 4. The quantitative estimate of drug-likeness (QED) is 0.625. The van der Waals surface area contributed by atoms with Crippen LogP contribution in [0.2, 0.25) is 0 Å². The number of likely N-dealkylation sites (tertiary alicyclic amines) is 1. The van der Waals surface area contributed by atoms with Crippen molar-refractivity contribution in [1.82, 2.24) is 4.90 Å². The fourth-order valence-corrected chi connectivity index (χ4v) is 4.10. The molecule has 1 saturated heterocycles. The largest absolute Gasteiger partial charge is 0.371 e. The molecule has 0 aromatic heterocycles. The fourth-order valence-electron chi connectivity index (χ4n) is 4.10. The summed E-state index contributed by atoms with van der Waals surface area (Å²) in [5.74, 6) is 2.75. The standard InChI is InChI=1S/C17H19N/c1-18-16-9-5-4-8-14(16)15-10-12-6-2-3-7-13(12)11-17(15)18/h2-9,11-16H,10H2,1H3. The fraction of sp³-hybridized carbons (Fsp3) is 0.412. The first-order valence-corrected chi connectivity index (χ1v) is 6.99. The Morgan fingerprint density at radius 1 is 1.00 bits per heavy atom. The van der Waals surface area contributed by atoms with Crippen LogP contribution in [-0.4, -0.2) is 18.0 Å². The molecule has 0 aromatic rings. The molecule has 92 valence electrons. The van der Waals surface area contributed by atoms with Crippen LogP contribution in [0.15, 0.2) is 60.4 Å². The highest BCUT2D eigenvalue weighted by Crippen LogP contribution is 2.48. The minimum atomic E-state index is 0.583. The van der Waals surface area contributed by atoms with E-state index < -0.39 is 0 Å². The van der Waals surface area contributed by atoms with Crippen molar-refractivity contribution >= 4 is 0 Å². The number of nitrogens with zero attached hydrogens (tertiary/aromatic N) is 1. The highest BCUT2D eigenvalue weighted by molar-refractivity contribution is 5.34. The van der Waals surface area contributed by atoms with Crippen molar-refractivity contribution in [1.29, 1.82) is 0 Å². The van der Waals surface area contributed by atoms with Crippen LogP contribution in [0, 0.1) is 23.7 Å². The van der Waals surface area contributed by atoms with E-state index in [1.807, 2.05) is 0 Å². The van der Waals surface area contributed by atoms with Crippen molar-refractivity contribution in [3.05, 3.63) is 60.4 Å². The Bertz CT molecular complexity index is 506. The van der Waals surface area contributed by atoms with Crippen molar-refractivity contribution in [3.8, 4) is 0 Å². The lowest BCUT2D eigenvalue weighted by atomic mass is 9.72. The molecule has 0 saturated carbocycles. The summed E-state index contributed by atoms with van der Waals surface area (Å²) >= 11 is 0. The van der Waals surface area contributed by atoms with Gasteiger partial charge in [-0.15, -0.1) is 0 Å². The third kappa shape index (κ3) is 1.33. The summed E-state index contributed by atoms with van der Waals surface area (Å²) in [6.45, 7) is 0. The normalized spacial score (nSPS) is 43.5. The van der Waals surface area contributed by atoms with Gasteiger partial charge in [0.15, 0.2) is 0 Å². The molecule has 4 rings (SSSR count). The summed E-state index contributed by atoms with van der Waals surface area (Å²) in [6, 6.07) is 0.583. The van der Waals surface area contributed by atoms with Crippen LogP contribution in [0.5, 0.6) is 0 Å². The monoisotopic (exact) mass is 237 g/mol. The smallest absolute Gasteiger partial charge is 0.0539 e. The molecule has 0 N–H and O–H groups in total. The van der Waals surface area contributed by atoms with Crippen LogP contribution in [-0.2, 0) is 0 Å². The highest BCUT2D eigenvalue weighted by Gasteiger charge is 2.44. The Kier molecular flexibility index (Phi) is 2.17. The minimum Gasteiger partial charge on any atom is -0.371 e. The van der Waals surface area contributed by atoms with E-state index >= 15 is 0 Å². The molecule has 0 amide bonds. The van der Waals surface area contributed by atoms with Crippen molar-refractivity contribution in [2.45, 2.75) is 12.5 Å². The first-order chi connectivity index (χ1) is 8.84. The van der Waals surface area contributed by atoms with Crippen molar-refractivity contribution < 1.29 is 0 Å². The number of likely N-dealkylation sites (N-methyl/N-ethyl adjacent to an activating group) is 1. The first-order valence-electron chi connectivity index (χ1n) is 6.99. The zero-order valence-electron chi connectivity index (χ0n) is 10.7. The Morgan fingerprint density at radius 2 is 1.78 bits per heavy atom. The topological polar surface area (TPSA) is 3.24 Å². The molecule has 5 unspecified atom stereocenters. The lowest BCUT2D eigenvalue weighted by Gasteiger charge is -2.33. The van der Waals surface area contributed by atoms with Crippen LogP contribution < -0.4 is 0 Å². The van der Waals surface area contributed by atoms with E-state index in [0.29, 0.717) is 17.9 Å². The van der Waals surface area contributed by atoms with E-state index in [1.54, 1.807) is 5.70 Å². The molecule has 5 atom stereocenters. The molecule has 0 radical (unpaired) electrons. The summed E-state index contributed by atoms with van der Waals surface area (Å²) in [7, 11) is 2.26. The number of hydrogen-bond acceptors (Lipinski definition) is 1. The number of hydrogen-bond donors (Lipinski definition) is 0. The van der Waals surface area contributed by atoms with Gasteiger partial charge in [0, 0.05) is 30.5 Å². The molecular formula is C17H19N. The maximum absolute atomic E-state index is 2.51. The number of rotatable bonds is 0. The molecule has 1 fully saturated rings. The van der Waals surface area contributed by atoms with Gasteiger partial charge in [-0.1, -0.05) is 54.7 Å². The molecule has 0 spiro atoms. The highest BCUT2D eigenvalue weighted by atomic mass is 15.2. The SMILES string of the molecule is CN1C2=CC3C=CC=CC3CC2C2C=CC=CC21. The van der Waals surface area contributed by atoms with Gasteiger partial charge >= 0.3 is 0 Å². The second-order valence-corrected chi connectivity index (χ2v) is 5.89. The van der Waals surface area contributed by atoms with Crippen molar-refractivity contribution in [2.24, 2.45) is 23.7 Å². The predicted octanol–water partition coefficient (Wildman–Crippen LogP) is 3.30. The van der Waals surface area contributed by atoms with E-state index in [-0.39, 0.29) is 0 Å². The van der Waals surface area contributed by atoms with Gasteiger partial charge in [-0.2, -0.15) is 0 Å². The molecule has 3 aliphatic carbocycles. The first kappa shape index (κ1) is 10.4. The van der Waals surface area contributed by atoms with Gasteiger partial charge in [0.1, 0.15) is 0 Å². The molecule has 1 heterocycles. The molecule has 1 aliphatic heterocycles. The second-order valence-electron chi connectivity index (χ2n) is 5.89. The van der Waals surface area contributed by atoms with Crippen LogP contribution >= 0.6 is 0 Å². The molecule has 1 heteroatoms. The average Bonchev–Trinajstić information content (AvgIpc) is 2.71. The lowest BCUT2D eigenvalue weighted by molar-refractivity contribution is 0.354. The molecule has 1 nitrogen and oxygen atoms in total. The van der Waals surface area contributed by atoms with E-state index in [9.17, 15) is 0 Å². The third-order valence-electron chi connectivity index (χ3n) is 5.03. The summed E-state index contributed by atoms with van der Waals surface area (Å²) in [5, 5.41) is 0.